The molecule has 2 heterocycles. The van der Waals surface area contributed by atoms with Gasteiger partial charge < -0.3 is 8.83 Å². The van der Waals surface area contributed by atoms with Gasteiger partial charge in [0.1, 0.15) is 24.1 Å². The molecule has 0 N–H and O–H groups in total. The fraction of sp³-hybridized carbons (Fsp3) is 0. The van der Waals surface area contributed by atoms with Crippen molar-refractivity contribution in [1.29, 1.82) is 0 Å². The van der Waals surface area contributed by atoms with Crippen molar-refractivity contribution in [3.8, 4) is 11.5 Å². The summed E-state index contributed by atoms with van der Waals surface area (Å²) in [6, 6.07) is 7.24. The van der Waals surface area contributed by atoms with E-state index < -0.39 is 0 Å². The van der Waals surface area contributed by atoms with Crippen LogP contribution in [0.3, 0.4) is 0 Å². The Bertz CT molecular complexity index is 674. The predicted molar refractivity (Wildman–Crippen MR) is 84.9 cm³/mol. The van der Waals surface area contributed by atoms with E-state index >= 15 is 0 Å². The van der Waals surface area contributed by atoms with Crippen LogP contribution in [0.1, 0.15) is 11.5 Å². The maximum absolute atomic E-state index is 10.1. The Morgan fingerprint density at radius 2 is 1.05 bits per heavy atom. The maximum atomic E-state index is 10.1. The van der Waals surface area contributed by atoms with Crippen molar-refractivity contribution in [2.24, 2.45) is 0 Å². The fourth-order valence-corrected chi connectivity index (χ4v) is 1.67. The topological polar surface area (TPSA) is 60.4 Å². The van der Waals surface area contributed by atoms with E-state index in [0.717, 1.165) is 0 Å². The van der Waals surface area contributed by atoms with Gasteiger partial charge in [0.05, 0.1) is 0 Å². The lowest BCUT2D eigenvalue weighted by atomic mass is 10.3. The molecule has 2 aromatic rings. The molecule has 110 valence electrons. The van der Waals surface area contributed by atoms with Gasteiger partial charge in [0, 0.05) is 0 Å². The van der Waals surface area contributed by atoms with Crippen LogP contribution in [0.4, 0.5) is 0 Å². The maximum Gasteiger partial charge on any atom is 0.170 e. The molecule has 0 aliphatic heterocycles. The van der Waals surface area contributed by atoms with Crippen molar-refractivity contribution in [2.75, 3.05) is 0 Å². The van der Waals surface area contributed by atoms with E-state index in [1.165, 1.54) is 12.2 Å². The zero-order valence-corrected chi connectivity index (χ0v) is 11.7. The van der Waals surface area contributed by atoms with Crippen LogP contribution in [-0.2, 0) is 9.59 Å². The summed E-state index contributed by atoms with van der Waals surface area (Å²) in [5, 5.41) is 0. The second-order valence-corrected chi connectivity index (χ2v) is 4.16. The molecule has 4 heteroatoms. The third kappa shape index (κ3) is 4.45. The molecule has 4 nitrogen and oxygen atoms in total. The molecule has 0 aliphatic carbocycles. The Morgan fingerprint density at radius 1 is 0.591 bits per heavy atom. The molecule has 0 spiro atoms. The van der Waals surface area contributed by atoms with E-state index in [1.54, 1.807) is 36.5 Å². The normalized spacial score (nSPS) is 12.2. The van der Waals surface area contributed by atoms with Gasteiger partial charge in [0.25, 0.3) is 0 Å². The molecule has 2 aromatic heterocycles. The first-order valence-corrected chi connectivity index (χ1v) is 6.60. The van der Waals surface area contributed by atoms with Gasteiger partial charge in [-0.25, -0.2) is 0 Å². The predicted octanol–water partition coefficient (Wildman–Crippen LogP) is 4.08. The SMILES string of the molecule is O=C/C=C/C=C/c1ccc(-c2ccc(/C=C/C=C/C=O)o2)o1. The van der Waals surface area contributed by atoms with Crippen molar-refractivity contribution in [1.82, 2.24) is 0 Å². The lowest BCUT2D eigenvalue weighted by Crippen LogP contribution is -1.66. The van der Waals surface area contributed by atoms with Gasteiger partial charge in [0.15, 0.2) is 11.5 Å². The first-order valence-electron chi connectivity index (χ1n) is 6.60. The molecular formula is C18H14O4. The second kappa shape index (κ2) is 8.21. The molecule has 0 atom stereocenters. The third-order valence-corrected chi connectivity index (χ3v) is 2.62. The molecule has 22 heavy (non-hydrogen) atoms. The minimum atomic E-state index is 0.613. The lowest BCUT2D eigenvalue weighted by molar-refractivity contribution is -0.104. The largest absolute Gasteiger partial charge is 0.453 e. The zero-order chi connectivity index (χ0) is 15.6. The van der Waals surface area contributed by atoms with Crippen LogP contribution in [0, 0.1) is 0 Å². The van der Waals surface area contributed by atoms with Crippen LogP contribution < -0.4 is 0 Å². The Balaban J connectivity index is 2.06. The van der Waals surface area contributed by atoms with Gasteiger partial charge in [-0.2, -0.15) is 0 Å². The van der Waals surface area contributed by atoms with Crippen molar-refractivity contribution in [3.63, 3.8) is 0 Å². The minimum Gasteiger partial charge on any atom is -0.453 e. The van der Waals surface area contributed by atoms with E-state index in [4.69, 9.17) is 8.83 Å². The molecule has 0 saturated carbocycles. The van der Waals surface area contributed by atoms with Crippen LogP contribution in [0.25, 0.3) is 23.7 Å². The van der Waals surface area contributed by atoms with Crippen LogP contribution >= 0.6 is 0 Å². The molecule has 2 rings (SSSR count). The van der Waals surface area contributed by atoms with E-state index in [2.05, 4.69) is 0 Å². The summed E-state index contributed by atoms with van der Waals surface area (Å²) in [5.41, 5.74) is 0. The molecule has 0 aromatic carbocycles. The van der Waals surface area contributed by atoms with E-state index in [0.29, 0.717) is 35.6 Å². The first kappa shape index (κ1) is 15.3. The number of aldehydes is 2. The van der Waals surface area contributed by atoms with Gasteiger partial charge in [-0.15, -0.1) is 0 Å². The van der Waals surface area contributed by atoms with E-state index in [1.807, 2.05) is 24.3 Å². The van der Waals surface area contributed by atoms with Crippen molar-refractivity contribution >= 4 is 24.7 Å². The minimum absolute atomic E-state index is 0.613. The monoisotopic (exact) mass is 294 g/mol. The van der Waals surface area contributed by atoms with E-state index in [-0.39, 0.29) is 0 Å². The highest BCUT2D eigenvalue weighted by atomic mass is 16.4. The summed E-state index contributed by atoms with van der Waals surface area (Å²) < 4.78 is 11.2. The highest BCUT2D eigenvalue weighted by Gasteiger charge is 2.07. The van der Waals surface area contributed by atoms with E-state index in [9.17, 15) is 9.59 Å². The highest BCUT2D eigenvalue weighted by Crippen LogP contribution is 2.25. The molecule has 0 saturated heterocycles. The number of carbonyl (C=O) groups is 2. The summed E-state index contributed by atoms with van der Waals surface area (Å²) in [4.78, 5) is 20.3. The molecule has 0 aliphatic rings. The standard InChI is InChI=1S/C18H14O4/c19-13-5-1-3-7-15-9-11-17(21-15)18-12-10-16(22-18)8-4-2-6-14-20/h1-14H/b5-1+,6-2+,7-3+,8-4+. The van der Waals surface area contributed by atoms with Crippen molar-refractivity contribution < 1.29 is 18.4 Å². The fourth-order valence-electron chi connectivity index (χ4n) is 1.67. The molecule has 0 fully saturated rings. The number of furan rings is 2. The number of hydrogen-bond donors (Lipinski definition) is 0. The van der Waals surface area contributed by atoms with Gasteiger partial charge >= 0.3 is 0 Å². The number of allylic oxidation sites excluding steroid dienone is 6. The van der Waals surface area contributed by atoms with Gasteiger partial charge in [-0.3, -0.25) is 9.59 Å². The van der Waals surface area contributed by atoms with Crippen LogP contribution in [-0.4, -0.2) is 12.6 Å². The molecule has 0 bridgehead atoms. The molecule has 0 amide bonds. The quantitative estimate of drug-likeness (QED) is 0.438. The number of carbonyl (C=O) groups excluding carboxylic acids is 2. The molecule has 0 radical (unpaired) electrons. The second-order valence-electron chi connectivity index (χ2n) is 4.16. The first-order chi connectivity index (χ1) is 10.8. The summed E-state index contributed by atoms with van der Waals surface area (Å²) in [6.45, 7) is 0. The summed E-state index contributed by atoms with van der Waals surface area (Å²) in [5.74, 6) is 2.55. The summed E-state index contributed by atoms with van der Waals surface area (Å²) in [7, 11) is 0. The lowest BCUT2D eigenvalue weighted by Gasteiger charge is -1.90. The summed E-state index contributed by atoms with van der Waals surface area (Å²) >= 11 is 0. The van der Waals surface area contributed by atoms with Crippen LogP contribution in [0.15, 0.2) is 69.6 Å². The van der Waals surface area contributed by atoms with Crippen LogP contribution in [0.2, 0.25) is 0 Å². The Labute approximate surface area is 127 Å². The zero-order valence-electron chi connectivity index (χ0n) is 11.7. The Morgan fingerprint density at radius 3 is 1.45 bits per heavy atom. The third-order valence-electron chi connectivity index (χ3n) is 2.62. The summed E-state index contributed by atoms with van der Waals surface area (Å²) in [6.07, 6.45) is 14.4. The Kier molecular flexibility index (Phi) is 5.70. The van der Waals surface area contributed by atoms with Gasteiger partial charge in [-0.05, 0) is 48.6 Å². The number of rotatable bonds is 7. The highest BCUT2D eigenvalue weighted by molar-refractivity contribution is 5.66. The average molecular weight is 294 g/mol. The Hall–Kier alpha value is -3.14. The van der Waals surface area contributed by atoms with Crippen LogP contribution in [0.5, 0.6) is 0 Å². The van der Waals surface area contributed by atoms with Crippen molar-refractivity contribution in [3.05, 3.63) is 72.2 Å². The van der Waals surface area contributed by atoms with Gasteiger partial charge in [0.2, 0.25) is 0 Å². The van der Waals surface area contributed by atoms with Gasteiger partial charge in [-0.1, -0.05) is 24.3 Å². The number of hydrogen-bond acceptors (Lipinski definition) is 4. The average Bonchev–Trinajstić information content (AvgIpc) is 3.17. The molecule has 0 unspecified atom stereocenters. The smallest absolute Gasteiger partial charge is 0.170 e. The van der Waals surface area contributed by atoms with Crippen molar-refractivity contribution in [2.45, 2.75) is 0 Å². The molecular weight excluding hydrogens is 280 g/mol.